The van der Waals surface area contributed by atoms with Gasteiger partial charge in [-0.1, -0.05) is 49.4 Å². The van der Waals surface area contributed by atoms with E-state index in [0.29, 0.717) is 5.69 Å². The first kappa shape index (κ1) is 21.7. The number of carbonyl (C=O) groups excluding carboxylic acids is 2. The Kier molecular flexibility index (Phi) is 7.00. The number of aryl methyl sites for hydroxylation is 3. The van der Waals surface area contributed by atoms with Crippen molar-refractivity contribution in [1.29, 1.82) is 0 Å². The molecule has 0 aliphatic rings. The van der Waals surface area contributed by atoms with Gasteiger partial charge in [0.05, 0.1) is 12.1 Å². The van der Waals surface area contributed by atoms with E-state index in [2.05, 4.69) is 29.4 Å². The number of carbonyl (C=O) groups is 2. The molecule has 3 aromatic rings. The van der Waals surface area contributed by atoms with Gasteiger partial charge in [-0.15, -0.1) is 11.3 Å². The van der Waals surface area contributed by atoms with Crippen LogP contribution in [-0.2, 0) is 27.2 Å². The zero-order valence-electron chi connectivity index (χ0n) is 17.7. The van der Waals surface area contributed by atoms with E-state index in [1.54, 1.807) is 6.92 Å². The molecule has 0 aliphatic carbocycles. The molecule has 30 heavy (non-hydrogen) atoms. The van der Waals surface area contributed by atoms with E-state index in [9.17, 15) is 9.59 Å². The van der Waals surface area contributed by atoms with Gasteiger partial charge in [0, 0.05) is 16.6 Å². The second kappa shape index (κ2) is 9.67. The molecule has 156 valence electrons. The standard InChI is InChI=1S/C24H26N2O3S/c1-5-18-9-11-19(12-10-18)24-25-20(14-30-24)13-21(27)29-17(4)23(28)26-22-15(2)7-6-8-16(22)3/h6-12,14,17H,5,13H2,1-4H3,(H,26,28)/t17-/m0/s1. The van der Waals surface area contributed by atoms with Crippen molar-refractivity contribution in [3.8, 4) is 10.6 Å². The lowest BCUT2D eigenvalue weighted by Gasteiger charge is -2.16. The van der Waals surface area contributed by atoms with E-state index >= 15 is 0 Å². The number of nitrogens with one attached hydrogen (secondary N) is 1. The first-order valence-corrected chi connectivity index (χ1v) is 10.9. The summed E-state index contributed by atoms with van der Waals surface area (Å²) in [7, 11) is 0. The molecule has 0 aliphatic heterocycles. The van der Waals surface area contributed by atoms with Crippen LogP contribution >= 0.6 is 11.3 Å². The van der Waals surface area contributed by atoms with Crippen molar-refractivity contribution in [2.45, 2.75) is 46.6 Å². The van der Waals surface area contributed by atoms with Crippen molar-refractivity contribution in [2.24, 2.45) is 0 Å². The van der Waals surface area contributed by atoms with Crippen LogP contribution in [0, 0.1) is 13.8 Å². The van der Waals surface area contributed by atoms with Crippen LogP contribution in [0.1, 0.15) is 36.2 Å². The van der Waals surface area contributed by atoms with Gasteiger partial charge in [0.2, 0.25) is 0 Å². The Hall–Kier alpha value is -2.99. The van der Waals surface area contributed by atoms with Crippen LogP contribution in [0.3, 0.4) is 0 Å². The summed E-state index contributed by atoms with van der Waals surface area (Å²) < 4.78 is 5.33. The van der Waals surface area contributed by atoms with Gasteiger partial charge in [-0.25, -0.2) is 4.98 Å². The van der Waals surface area contributed by atoms with Gasteiger partial charge in [-0.3, -0.25) is 9.59 Å². The van der Waals surface area contributed by atoms with Crippen LogP contribution in [-0.4, -0.2) is 23.0 Å². The number of benzene rings is 2. The predicted octanol–water partition coefficient (Wildman–Crippen LogP) is 5.10. The van der Waals surface area contributed by atoms with Crippen molar-refractivity contribution in [3.63, 3.8) is 0 Å². The van der Waals surface area contributed by atoms with E-state index in [0.717, 1.165) is 33.8 Å². The largest absolute Gasteiger partial charge is 0.452 e. The van der Waals surface area contributed by atoms with Gasteiger partial charge in [0.25, 0.3) is 5.91 Å². The van der Waals surface area contributed by atoms with Crippen LogP contribution in [0.4, 0.5) is 5.69 Å². The van der Waals surface area contributed by atoms with Gasteiger partial charge in [0.15, 0.2) is 6.10 Å². The quantitative estimate of drug-likeness (QED) is 0.538. The number of amides is 1. The molecule has 0 spiro atoms. The Morgan fingerprint density at radius 3 is 2.40 bits per heavy atom. The molecule has 0 radical (unpaired) electrons. The summed E-state index contributed by atoms with van der Waals surface area (Å²) in [6, 6.07) is 14.0. The van der Waals surface area contributed by atoms with Crippen LogP contribution in [0.5, 0.6) is 0 Å². The van der Waals surface area contributed by atoms with E-state index < -0.39 is 12.1 Å². The summed E-state index contributed by atoms with van der Waals surface area (Å²) in [5.74, 6) is -0.826. The third kappa shape index (κ3) is 5.33. The Morgan fingerprint density at radius 1 is 1.10 bits per heavy atom. The smallest absolute Gasteiger partial charge is 0.312 e. The fourth-order valence-corrected chi connectivity index (χ4v) is 3.91. The molecule has 0 bridgehead atoms. The number of thiazole rings is 1. The molecule has 0 fully saturated rings. The Bertz CT molecular complexity index is 1020. The maximum Gasteiger partial charge on any atom is 0.312 e. The van der Waals surface area contributed by atoms with E-state index in [1.165, 1.54) is 16.9 Å². The number of hydrogen-bond acceptors (Lipinski definition) is 5. The lowest BCUT2D eigenvalue weighted by molar-refractivity contribution is -0.152. The fourth-order valence-electron chi connectivity index (χ4n) is 3.08. The third-order valence-corrected chi connectivity index (χ3v) is 5.83. The number of para-hydroxylation sites is 1. The van der Waals surface area contributed by atoms with Crippen LogP contribution in [0.25, 0.3) is 10.6 Å². The highest BCUT2D eigenvalue weighted by molar-refractivity contribution is 7.13. The summed E-state index contributed by atoms with van der Waals surface area (Å²) in [5, 5.41) is 5.57. The average molecular weight is 423 g/mol. The second-order valence-corrected chi connectivity index (χ2v) is 8.12. The first-order chi connectivity index (χ1) is 14.4. The maximum absolute atomic E-state index is 12.4. The lowest BCUT2D eigenvalue weighted by atomic mass is 10.1. The Morgan fingerprint density at radius 2 is 1.77 bits per heavy atom. The molecule has 1 heterocycles. The van der Waals surface area contributed by atoms with E-state index in [4.69, 9.17) is 4.74 Å². The highest BCUT2D eigenvalue weighted by Gasteiger charge is 2.20. The summed E-state index contributed by atoms with van der Waals surface area (Å²) in [6.45, 7) is 7.54. The maximum atomic E-state index is 12.4. The van der Waals surface area contributed by atoms with Crippen molar-refractivity contribution < 1.29 is 14.3 Å². The zero-order chi connectivity index (χ0) is 21.7. The number of esters is 1. The van der Waals surface area contributed by atoms with Crippen LogP contribution < -0.4 is 5.32 Å². The summed E-state index contributed by atoms with van der Waals surface area (Å²) in [6.07, 6.45) is 0.130. The fraction of sp³-hybridized carbons (Fsp3) is 0.292. The van der Waals surface area contributed by atoms with Gasteiger partial charge in [-0.2, -0.15) is 0 Å². The molecule has 0 unspecified atom stereocenters. The first-order valence-electron chi connectivity index (χ1n) is 9.97. The van der Waals surface area contributed by atoms with Crippen LogP contribution in [0.15, 0.2) is 47.8 Å². The normalized spacial score (nSPS) is 11.7. The molecule has 2 aromatic carbocycles. The number of hydrogen-bond donors (Lipinski definition) is 1. The highest BCUT2D eigenvalue weighted by Crippen LogP contribution is 2.25. The summed E-state index contributed by atoms with van der Waals surface area (Å²) in [5.41, 5.74) is 5.61. The number of anilines is 1. The summed E-state index contributed by atoms with van der Waals surface area (Å²) in [4.78, 5) is 29.3. The van der Waals surface area contributed by atoms with E-state index in [1.807, 2.05) is 49.6 Å². The van der Waals surface area contributed by atoms with Crippen molar-refractivity contribution in [1.82, 2.24) is 4.98 Å². The molecule has 1 aromatic heterocycles. The van der Waals surface area contributed by atoms with Gasteiger partial charge in [-0.05, 0) is 43.9 Å². The minimum Gasteiger partial charge on any atom is -0.452 e. The molecule has 1 amide bonds. The monoisotopic (exact) mass is 422 g/mol. The third-order valence-electron chi connectivity index (χ3n) is 4.89. The molecule has 1 atom stereocenters. The number of aromatic nitrogens is 1. The van der Waals surface area contributed by atoms with Gasteiger partial charge < -0.3 is 10.1 Å². The summed E-state index contributed by atoms with van der Waals surface area (Å²) >= 11 is 1.49. The Labute approximate surface area is 181 Å². The van der Waals surface area contributed by atoms with Crippen molar-refractivity contribution in [2.75, 3.05) is 5.32 Å². The van der Waals surface area contributed by atoms with Gasteiger partial charge in [0.1, 0.15) is 5.01 Å². The molecule has 0 saturated heterocycles. The molecule has 5 nitrogen and oxygen atoms in total. The van der Waals surface area contributed by atoms with E-state index in [-0.39, 0.29) is 12.3 Å². The van der Waals surface area contributed by atoms with Crippen molar-refractivity contribution in [3.05, 3.63) is 70.2 Å². The predicted molar refractivity (Wildman–Crippen MR) is 121 cm³/mol. The number of nitrogens with zero attached hydrogens (tertiary/aromatic N) is 1. The lowest BCUT2D eigenvalue weighted by Crippen LogP contribution is -2.31. The minimum atomic E-state index is -0.892. The molecule has 0 saturated carbocycles. The second-order valence-electron chi connectivity index (χ2n) is 7.26. The minimum absolute atomic E-state index is 0.0323. The number of rotatable bonds is 7. The highest BCUT2D eigenvalue weighted by atomic mass is 32.1. The average Bonchev–Trinajstić information content (AvgIpc) is 3.19. The zero-order valence-corrected chi connectivity index (χ0v) is 18.5. The Balaban J connectivity index is 1.57. The molecule has 3 rings (SSSR count). The molecular weight excluding hydrogens is 396 g/mol. The van der Waals surface area contributed by atoms with Crippen molar-refractivity contribution >= 4 is 28.9 Å². The number of ether oxygens (including phenoxy) is 1. The molecule has 6 heteroatoms. The molecule has 1 N–H and O–H groups in total. The SMILES string of the molecule is CCc1ccc(-c2nc(CC(=O)O[C@@H](C)C(=O)Nc3c(C)cccc3C)cs2)cc1. The van der Waals surface area contributed by atoms with Gasteiger partial charge >= 0.3 is 5.97 Å². The molecular formula is C24H26N2O3S. The van der Waals surface area contributed by atoms with Crippen LogP contribution in [0.2, 0.25) is 0 Å². The topological polar surface area (TPSA) is 68.3 Å².